The molecule has 2 heterocycles. The number of aromatic nitrogens is 1. The van der Waals surface area contributed by atoms with Crippen LogP contribution in [-0.4, -0.2) is 17.6 Å². The van der Waals surface area contributed by atoms with E-state index in [9.17, 15) is 0 Å². The summed E-state index contributed by atoms with van der Waals surface area (Å²) in [6.45, 7) is 1.15. The maximum absolute atomic E-state index is 8.99. The van der Waals surface area contributed by atoms with Gasteiger partial charge in [-0.25, -0.2) is 4.98 Å². The molecule has 0 aromatic carbocycles. The van der Waals surface area contributed by atoms with Crippen molar-refractivity contribution in [3.05, 3.63) is 34.1 Å². The fraction of sp³-hybridized carbons (Fsp3) is 0.385. The second-order valence-corrected chi connectivity index (χ2v) is 5.35. The molecule has 0 spiro atoms. The van der Waals surface area contributed by atoms with Crippen LogP contribution in [0.25, 0.3) is 5.57 Å². The third kappa shape index (κ3) is 1.90. The zero-order valence-electron chi connectivity index (χ0n) is 9.28. The van der Waals surface area contributed by atoms with Gasteiger partial charge in [0.2, 0.25) is 0 Å². The highest BCUT2D eigenvalue weighted by Crippen LogP contribution is 2.34. The number of nitrogens with zero attached hydrogens (tertiary/aromatic N) is 2. The Bertz CT molecular complexity index is 530. The lowest BCUT2D eigenvalue weighted by atomic mass is 9.79. The average molecular weight is 290 g/mol. The number of nitrogens with one attached hydrogen (secondary N) is 1. The Kier molecular flexibility index (Phi) is 2.73. The molecule has 86 valence electrons. The number of halogens is 1. The van der Waals surface area contributed by atoms with Gasteiger partial charge in [0, 0.05) is 18.8 Å². The topological polar surface area (TPSA) is 48.7 Å². The summed E-state index contributed by atoms with van der Waals surface area (Å²) in [4.78, 5) is 4.22. The highest BCUT2D eigenvalue weighted by atomic mass is 79.9. The summed E-state index contributed by atoms with van der Waals surface area (Å²) < 4.78 is 0.625. The molecule has 1 N–H and O–H groups in total. The first-order chi connectivity index (χ1) is 8.28. The van der Waals surface area contributed by atoms with E-state index in [4.69, 9.17) is 5.26 Å². The molecule has 1 fully saturated rings. The molecule has 0 radical (unpaired) electrons. The number of hydrogen-bond donors (Lipinski definition) is 1. The fourth-order valence-corrected chi connectivity index (χ4v) is 2.79. The van der Waals surface area contributed by atoms with E-state index in [1.54, 1.807) is 0 Å². The predicted octanol–water partition coefficient (Wildman–Crippen LogP) is 2.48. The van der Waals surface area contributed by atoms with E-state index in [2.05, 4.69) is 38.4 Å². The number of rotatable bonds is 1. The standard InChI is InChI=1S/C13H12BrN3/c14-13-10(5-15)3-11(7-17-13)8-1-2-9-6-16-12(9)4-8/h3-4,7,9,12,16H,1-2,6H2. The van der Waals surface area contributed by atoms with Gasteiger partial charge in [0.25, 0.3) is 0 Å². The van der Waals surface area contributed by atoms with E-state index in [1.165, 1.54) is 12.0 Å². The first kappa shape index (κ1) is 10.9. The van der Waals surface area contributed by atoms with E-state index < -0.39 is 0 Å². The highest BCUT2D eigenvalue weighted by molar-refractivity contribution is 9.10. The quantitative estimate of drug-likeness (QED) is 0.808. The maximum Gasteiger partial charge on any atom is 0.123 e. The molecular formula is C13H12BrN3. The van der Waals surface area contributed by atoms with Crippen molar-refractivity contribution in [1.29, 1.82) is 5.26 Å². The zero-order valence-corrected chi connectivity index (χ0v) is 10.9. The first-order valence-corrected chi connectivity index (χ1v) is 6.57. The molecular weight excluding hydrogens is 278 g/mol. The average Bonchev–Trinajstić information content (AvgIpc) is 2.32. The van der Waals surface area contributed by atoms with Gasteiger partial charge >= 0.3 is 0 Å². The van der Waals surface area contributed by atoms with E-state index in [-0.39, 0.29) is 0 Å². The summed E-state index contributed by atoms with van der Waals surface area (Å²) >= 11 is 3.28. The lowest BCUT2D eigenvalue weighted by Crippen LogP contribution is -2.52. The largest absolute Gasteiger partial charge is 0.310 e. The Labute approximate surface area is 109 Å². The maximum atomic E-state index is 8.99. The summed E-state index contributed by atoms with van der Waals surface area (Å²) in [5.41, 5.74) is 3.00. The molecule has 1 aromatic rings. The SMILES string of the molecule is N#Cc1cc(C2=CC3NCC3CC2)cnc1Br. The van der Waals surface area contributed by atoms with Gasteiger partial charge in [-0.1, -0.05) is 6.08 Å². The molecule has 17 heavy (non-hydrogen) atoms. The molecule has 1 aliphatic heterocycles. The van der Waals surface area contributed by atoms with Gasteiger partial charge in [-0.15, -0.1) is 0 Å². The second kappa shape index (κ2) is 4.25. The Morgan fingerprint density at radius 1 is 1.53 bits per heavy atom. The minimum absolute atomic E-state index is 0.535. The van der Waals surface area contributed by atoms with Crippen molar-refractivity contribution >= 4 is 21.5 Å². The van der Waals surface area contributed by atoms with Gasteiger partial charge in [0.05, 0.1) is 5.56 Å². The molecule has 2 unspecified atom stereocenters. The Morgan fingerprint density at radius 3 is 3.06 bits per heavy atom. The molecule has 1 aliphatic carbocycles. The highest BCUT2D eigenvalue weighted by Gasteiger charge is 2.31. The predicted molar refractivity (Wildman–Crippen MR) is 69.1 cm³/mol. The van der Waals surface area contributed by atoms with Crippen LogP contribution in [-0.2, 0) is 0 Å². The third-order valence-electron chi connectivity index (χ3n) is 3.62. The summed E-state index contributed by atoms with van der Waals surface area (Å²) in [6, 6.07) is 4.61. The summed E-state index contributed by atoms with van der Waals surface area (Å²) in [7, 11) is 0. The summed E-state index contributed by atoms with van der Waals surface area (Å²) in [5, 5.41) is 12.4. The molecule has 1 aromatic heterocycles. The Balaban J connectivity index is 1.94. The molecule has 3 nitrogen and oxygen atoms in total. The van der Waals surface area contributed by atoms with Crippen LogP contribution in [0.2, 0.25) is 0 Å². The minimum atomic E-state index is 0.535. The first-order valence-electron chi connectivity index (χ1n) is 5.78. The van der Waals surface area contributed by atoms with Crippen LogP contribution in [0.3, 0.4) is 0 Å². The van der Waals surface area contributed by atoms with Gasteiger partial charge in [-0.2, -0.15) is 5.26 Å². The fourth-order valence-electron chi connectivity index (χ4n) is 2.48. The number of nitriles is 1. The lowest BCUT2D eigenvalue weighted by molar-refractivity contribution is 0.256. The van der Waals surface area contributed by atoms with Crippen molar-refractivity contribution in [1.82, 2.24) is 10.3 Å². The number of fused-ring (bicyclic) bond motifs is 1. The number of hydrogen-bond acceptors (Lipinski definition) is 3. The Hall–Kier alpha value is -1.18. The van der Waals surface area contributed by atoms with Crippen molar-refractivity contribution in [2.24, 2.45) is 5.92 Å². The zero-order chi connectivity index (χ0) is 11.8. The van der Waals surface area contributed by atoms with Crippen LogP contribution in [0.5, 0.6) is 0 Å². The molecule has 4 heteroatoms. The van der Waals surface area contributed by atoms with Crippen LogP contribution in [0.4, 0.5) is 0 Å². The van der Waals surface area contributed by atoms with Crippen molar-refractivity contribution < 1.29 is 0 Å². The smallest absolute Gasteiger partial charge is 0.123 e. The van der Waals surface area contributed by atoms with E-state index in [0.29, 0.717) is 16.2 Å². The summed E-state index contributed by atoms with van der Waals surface area (Å²) in [6.07, 6.45) is 6.47. The minimum Gasteiger partial charge on any atom is -0.310 e. The Morgan fingerprint density at radius 2 is 2.41 bits per heavy atom. The third-order valence-corrected chi connectivity index (χ3v) is 4.25. The van der Waals surface area contributed by atoms with Gasteiger partial charge in [0.1, 0.15) is 10.7 Å². The monoisotopic (exact) mass is 289 g/mol. The van der Waals surface area contributed by atoms with Crippen LogP contribution in [0.15, 0.2) is 22.9 Å². The molecule has 2 aliphatic rings. The van der Waals surface area contributed by atoms with Gasteiger partial charge in [0.15, 0.2) is 0 Å². The number of pyridine rings is 1. The molecule has 0 saturated carbocycles. The molecule has 2 atom stereocenters. The van der Waals surface area contributed by atoms with Crippen LogP contribution < -0.4 is 5.32 Å². The van der Waals surface area contributed by atoms with Crippen LogP contribution in [0, 0.1) is 17.2 Å². The van der Waals surface area contributed by atoms with Crippen LogP contribution in [0.1, 0.15) is 24.0 Å². The van der Waals surface area contributed by atoms with Crippen molar-refractivity contribution in [3.63, 3.8) is 0 Å². The van der Waals surface area contributed by atoms with Crippen LogP contribution >= 0.6 is 15.9 Å². The molecule has 0 bridgehead atoms. The van der Waals surface area contributed by atoms with Crippen molar-refractivity contribution in [3.8, 4) is 6.07 Å². The van der Waals surface area contributed by atoms with Gasteiger partial charge in [-0.05, 0) is 51.9 Å². The van der Waals surface area contributed by atoms with Crippen molar-refractivity contribution in [2.75, 3.05) is 6.54 Å². The molecule has 0 amide bonds. The lowest BCUT2D eigenvalue weighted by Gasteiger charge is -2.40. The van der Waals surface area contributed by atoms with Gasteiger partial charge in [-0.3, -0.25) is 0 Å². The molecule has 1 saturated heterocycles. The second-order valence-electron chi connectivity index (χ2n) is 4.60. The van der Waals surface area contributed by atoms with E-state index in [1.807, 2.05) is 12.3 Å². The van der Waals surface area contributed by atoms with Crippen molar-refractivity contribution in [2.45, 2.75) is 18.9 Å². The molecule has 3 rings (SSSR count). The van der Waals surface area contributed by atoms with E-state index in [0.717, 1.165) is 24.4 Å². The summed E-state index contributed by atoms with van der Waals surface area (Å²) in [5.74, 6) is 0.817. The van der Waals surface area contributed by atoms with E-state index >= 15 is 0 Å². The normalized spacial score (nSPS) is 26.5. The number of allylic oxidation sites excluding steroid dienone is 1. The van der Waals surface area contributed by atoms with Gasteiger partial charge < -0.3 is 5.32 Å².